The second kappa shape index (κ2) is 4.52. The number of rotatable bonds is 3. The minimum atomic E-state index is 0.431. The van der Waals surface area contributed by atoms with Crippen LogP contribution in [0.25, 0.3) is 11.0 Å². The van der Waals surface area contributed by atoms with Crippen LogP contribution < -0.4 is 10.6 Å². The number of fused-ring (bicyclic) bond motifs is 1. The maximum Gasteiger partial charge on any atom is 0.229 e. The first-order chi connectivity index (χ1) is 9.54. The first-order valence-electron chi connectivity index (χ1n) is 6.26. The van der Waals surface area contributed by atoms with Crippen LogP contribution in [0.2, 0.25) is 0 Å². The van der Waals surface area contributed by atoms with E-state index in [0.29, 0.717) is 18.3 Å². The summed E-state index contributed by atoms with van der Waals surface area (Å²) in [6, 6.07) is 3.88. The molecule has 7 heteroatoms. The Morgan fingerprint density at radius 3 is 2.85 bits per heavy atom. The van der Waals surface area contributed by atoms with Gasteiger partial charge in [-0.2, -0.15) is 15.1 Å². The normalized spacial score (nSPS) is 11.2. The van der Waals surface area contributed by atoms with Crippen molar-refractivity contribution in [1.82, 2.24) is 19.7 Å². The average molecular weight is 272 g/mol. The highest BCUT2D eigenvalue weighted by Gasteiger charge is 2.13. The van der Waals surface area contributed by atoms with Crippen molar-refractivity contribution in [2.24, 2.45) is 7.05 Å². The molecule has 0 aliphatic rings. The Labute approximate surface area is 116 Å². The fourth-order valence-corrected chi connectivity index (χ4v) is 2.08. The van der Waals surface area contributed by atoms with Gasteiger partial charge < -0.3 is 15.1 Å². The molecule has 0 radical (unpaired) electrons. The predicted octanol–water partition coefficient (Wildman–Crippen LogP) is 1.48. The van der Waals surface area contributed by atoms with E-state index in [1.807, 2.05) is 38.1 Å². The molecule has 0 amide bonds. The number of nitrogens with two attached hydrogens (primary N) is 1. The summed E-state index contributed by atoms with van der Waals surface area (Å²) in [4.78, 5) is 10.7. The molecule has 7 nitrogen and oxygen atoms in total. The zero-order chi connectivity index (χ0) is 14.3. The molecule has 0 fully saturated rings. The molecule has 0 unspecified atom stereocenters. The van der Waals surface area contributed by atoms with Crippen molar-refractivity contribution >= 4 is 22.8 Å². The molecule has 3 aromatic heterocycles. The number of nitrogens with zero attached hydrogens (tertiary/aromatic N) is 5. The molecule has 0 saturated carbocycles. The average Bonchev–Trinajstić information content (AvgIpc) is 2.97. The van der Waals surface area contributed by atoms with Gasteiger partial charge in [0.1, 0.15) is 17.3 Å². The van der Waals surface area contributed by atoms with Gasteiger partial charge in [0.15, 0.2) is 5.65 Å². The van der Waals surface area contributed by atoms with Gasteiger partial charge in [0.25, 0.3) is 0 Å². The van der Waals surface area contributed by atoms with Gasteiger partial charge in [-0.05, 0) is 19.1 Å². The molecule has 3 aromatic rings. The fourth-order valence-electron chi connectivity index (χ4n) is 2.08. The molecule has 3 rings (SSSR count). The first-order valence-corrected chi connectivity index (χ1v) is 6.26. The Balaban J connectivity index is 1.94. The van der Waals surface area contributed by atoms with Crippen molar-refractivity contribution < 1.29 is 4.42 Å². The Bertz CT molecular complexity index is 759. The van der Waals surface area contributed by atoms with Crippen molar-refractivity contribution in [2.75, 3.05) is 17.7 Å². The number of nitrogen functional groups attached to an aromatic ring is 1. The van der Waals surface area contributed by atoms with Crippen molar-refractivity contribution in [1.29, 1.82) is 0 Å². The predicted molar refractivity (Wildman–Crippen MR) is 76.3 cm³/mol. The smallest absolute Gasteiger partial charge is 0.229 e. The van der Waals surface area contributed by atoms with Gasteiger partial charge in [-0.25, -0.2) is 0 Å². The number of aryl methyl sites for hydroxylation is 2. The maximum absolute atomic E-state index is 5.95. The number of hydrogen-bond acceptors (Lipinski definition) is 6. The van der Waals surface area contributed by atoms with Gasteiger partial charge in [0.05, 0.1) is 18.1 Å². The summed E-state index contributed by atoms with van der Waals surface area (Å²) >= 11 is 0. The molecule has 0 aromatic carbocycles. The molecule has 0 bridgehead atoms. The van der Waals surface area contributed by atoms with E-state index in [2.05, 4.69) is 15.1 Å². The van der Waals surface area contributed by atoms with E-state index in [-0.39, 0.29) is 0 Å². The van der Waals surface area contributed by atoms with Crippen LogP contribution in [-0.4, -0.2) is 26.8 Å². The molecule has 0 atom stereocenters. The van der Waals surface area contributed by atoms with Crippen LogP contribution in [0.3, 0.4) is 0 Å². The van der Waals surface area contributed by atoms with E-state index in [4.69, 9.17) is 10.2 Å². The highest BCUT2D eigenvalue weighted by molar-refractivity contribution is 5.86. The lowest BCUT2D eigenvalue weighted by Gasteiger charge is -2.16. The monoisotopic (exact) mass is 272 g/mol. The molecule has 3 heterocycles. The molecule has 0 aliphatic carbocycles. The van der Waals surface area contributed by atoms with Gasteiger partial charge in [-0.1, -0.05) is 0 Å². The molecule has 2 N–H and O–H groups in total. The standard InChI is InChI=1S/C13H16N6O/c1-8-4-5-9(20-8)7-18(2)13-16-11(14)10-6-15-19(3)12(10)17-13/h4-6H,7H2,1-3H3,(H2,14,16,17). The summed E-state index contributed by atoms with van der Waals surface area (Å²) in [5.41, 5.74) is 6.67. The van der Waals surface area contributed by atoms with Crippen LogP contribution in [-0.2, 0) is 13.6 Å². The van der Waals surface area contributed by atoms with Gasteiger partial charge in [-0.15, -0.1) is 0 Å². The van der Waals surface area contributed by atoms with Crippen molar-refractivity contribution in [3.8, 4) is 0 Å². The zero-order valence-electron chi connectivity index (χ0n) is 11.7. The summed E-state index contributed by atoms with van der Waals surface area (Å²) in [7, 11) is 3.73. The summed E-state index contributed by atoms with van der Waals surface area (Å²) in [5, 5.41) is 4.90. The molecular formula is C13H16N6O. The van der Waals surface area contributed by atoms with Crippen molar-refractivity contribution in [2.45, 2.75) is 13.5 Å². The van der Waals surface area contributed by atoms with Crippen LogP contribution in [0.5, 0.6) is 0 Å². The van der Waals surface area contributed by atoms with Gasteiger partial charge in [0.2, 0.25) is 5.95 Å². The lowest BCUT2D eigenvalue weighted by molar-refractivity contribution is 0.480. The molecule has 0 saturated heterocycles. The van der Waals surface area contributed by atoms with Gasteiger partial charge in [-0.3, -0.25) is 4.68 Å². The quantitative estimate of drug-likeness (QED) is 0.777. The second-order valence-corrected chi connectivity index (χ2v) is 4.78. The Kier molecular flexibility index (Phi) is 2.81. The maximum atomic E-state index is 5.95. The highest BCUT2D eigenvalue weighted by Crippen LogP contribution is 2.21. The van der Waals surface area contributed by atoms with E-state index in [1.165, 1.54) is 0 Å². The minimum Gasteiger partial charge on any atom is -0.464 e. The number of anilines is 2. The third-order valence-electron chi connectivity index (χ3n) is 3.14. The van der Waals surface area contributed by atoms with E-state index in [1.54, 1.807) is 10.9 Å². The second-order valence-electron chi connectivity index (χ2n) is 4.78. The molecule has 0 aliphatic heterocycles. The first kappa shape index (κ1) is 12.5. The Morgan fingerprint density at radius 1 is 1.35 bits per heavy atom. The lowest BCUT2D eigenvalue weighted by Crippen LogP contribution is -2.19. The summed E-state index contributed by atoms with van der Waals surface area (Å²) in [6.45, 7) is 2.50. The van der Waals surface area contributed by atoms with Crippen LogP contribution in [0, 0.1) is 6.92 Å². The molecule has 104 valence electrons. The van der Waals surface area contributed by atoms with E-state index >= 15 is 0 Å². The Hall–Kier alpha value is -2.57. The molecular weight excluding hydrogens is 256 g/mol. The van der Waals surface area contributed by atoms with Gasteiger partial charge in [0, 0.05) is 14.1 Å². The van der Waals surface area contributed by atoms with Gasteiger partial charge >= 0.3 is 0 Å². The number of aromatic nitrogens is 4. The van der Waals surface area contributed by atoms with Crippen LogP contribution in [0.4, 0.5) is 11.8 Å². The number of furan rings is 1. The lowest BCUT2D eigenvalue weighted by atomic mass is 10.4. The van der Waals surface area contributed by atoms with Crippen molar-refractivity contribution in [3.05, 3.63) is 29.9 Å². The van der Waals surface area contributed by atoms with E-state index in [9.17, 15) is 0 Å². The number of hydrogen-bond donors (Lipinski definition) is 1. The molecule has 0 spiro atoms. The third-order valence-corrected chi connectivity index (χ3v) is 3.14. The summed E-state index contributed by atoms with van der Waals surface area (Å²) in [6.07, 6.45) is 1.67. The topological polar surface area (TPSA) is 86.0 Å². The SMILES string of the molecule is Cc1ccc(CN(C)c2nc(N)c3cnn(C)c3n2)o1. The molecule has 20 heavy (non-hydrogen) atoms. The summed E-state index contributed by atoms with van der Waals surface area (Å²) in [5.74, 6) is 2.72. The fraction of sp³-hybridized carbons (Fsp3) is 0.308. The van der Waals surface area contributed by atoms with Crippen molar-refractivity contribution in [3.63, 3.8) is 0 Å². The summed E-state index contributed by atoms with van der Waals surface area (Å²) < 4.78 is 7.24. The van der Waals surface area contributed by atoms with Crippen LogP contribution >= 0.6 is 0 Å². The van der Waals surface area contributed by atoms with E-state index in [0.717, 1.165) is 22.6 Å². The van der Waals surface area contributed by atoms with Crippen LogP contribution in [0.1, 0.15) is 11.5 Å². The third kappa shape index (κ3) is 2.07. The Morgan fingerprint density at radius 2 is 2.15 bits per heavy atom. The highest BCUT2D eigenvalue weighted by atomic mass is 16.3. The largest absolute Gasteiger partial charge is 0.464 e. The van der Waals surface area contributed by atoms with Crippen LogP contribution in [0.15, 0.2) is 22.7 Å². The van der Waals surface area contributed by atoms with E-state index < -0.39 is 0 Å². The zero-order valence-corrected chi connectivity index (χ0v) is 11.7. The minimum absolute atomic E-state index is 0.431.